The monoisotopic (exact) mass is 472 g/mol. The van der Waals surface area contributed by atoms with Crippen molar-refractivity contribution in [1.82, 2.24) is 0 Å². The zero-order valence-corrected chi connectivity index (χ0v) is 19.7. The van der Waals surface area contributed by atoms with Gasteiger partial charge in [0.2, 0.25) is 11.2 Å². The number of azide groups is 1. The first-order valence-electron chi connectivity index (χ1n) is 11.1. The lowest BCUT2D eigenvalue weighted by atomic mass is 9.98. The summed E-state index contributed by atoms with van der Waals surface area (Å²) in [6.07, 6.45) is 0.868. The number of hydrogen-bond acceptors (Lipinski definition) is 4. The number of aryl methyl sites for hydroxylation is 1. The standard InChI is InChI=1S/C26H25N5O2S/c1-17(26(32)33)16-34-13-5-12-31-24-14-19(27)8-10-22(24)21-11-9-20(29-30-28)15-23(21)25(31)18-6-3-2-4-7-18/h2-4,6-11,14-15,17,27H,5,12-13,16H2,1H3,(H,32,33)/p+1. The highest BCUT2D eigenvalue weighted by molar-refractivity contribution is 7.99. The number of nitrogen functional groups attached to an aromatic ring is 1. The summed E-state index contributed by atoms with van der Waals surface area (Å²) in [6.45, 7) is 2.47. The number of nitrogens with two attached hydrogens (primary N) is 1. The Morgan fingerprint density at radius 2 is 1.88 bits per heavy atom. The van der Waals surface area contributed by atoms with E-state index in [-0.39, 0.29) is 5.92 Å². The van der Waals surface area contributed by atoms with Gasteiger partial charge in [-0.3, -0.25) is 4.79 Å². The molecule has 0 aliphatic heterocycles. The van der Waals surface area contributed by atoms with E-state index >= 15 is 0 Å². The van der Waals surface area contributed by atoms with Crippen molar-refractivity contribution in [3.63, 3.8) is 0 Å². The zero-order valence-electron chi connectivity index (χ0n) is 18.9. The van der Waals surface area contributed by atoms with Crippen molar-refractivity contribution < 1.29 is 14.5 Å². The third-order valence-corrected chi connectivity index (χ3v) is 7.11. The van der Waals surface area contributed by atoms with Crippen molar-refractivity contribution in [3.05, 3.63) is 77.2 Å². The Hall–Kier alpha value is -3.74. The molecule has 34 heavy (non-hydrogen) atoms. The number of carboxylic acids is 1. The van der Waals surface area contributed by atoms with E-state index in [9.17, 15) is 4.79 Å². The summed E-state index contributed by atoms with van der Waals surface area (Å²) in [6, 6.07) is 21.9. The van der Waals surface area contributed by atoms with Crippen LogP contribution in [-0.2, 0) is 11.3 Å². The molecule has 0 saturated carbocycles. The summed E-state index contributed by atoms with van der Waals surface area (Å²) in [5, 5.41) is 16.1. The maximum atomic E-state index is 11.1. The molecular formula is C26H26N5O2S+. The molecule has 0 spiro atoms. The summed E-state index contributed by atoms with van der Waals surface area (Å²) in [7, 11) is 0. The molecule has 1 aromatic heterocycles. The van der Waals surface area contributed by atoms with Crippen LogP contribution in [-0.4, -0.2) is 22.6 Å². The molecule has 1 atom stereocenters. The van der Waals surface area contributed by atoms with Gasteiger partial charge in [-0.1, -0.05) is 42.4 Å². The minimum atomic E-state index is -0.764. The SMILES string of the molecule is CC(CSCCC[n+]1c(-c2ccccc2)c2cc(N=[N+]=[N-])ccc2c2ccc(N)cc21)C(=O)O. The fourth-order valence-corrected chi connectivity index (χ4v) is 5.13. The van der Waals surface area contributed by atoms with E-state index in [4.69, 9.17) is 16.4 Å². The smallest absolute Gasteiger partial charge is 0.307 e. The lowest BCUT2D eigenvalue weighted by Crippen LogP contribution is -2.38. The van der Waals surface area contributed by atoms with Gasteiger partial charge in [-0.05, 0) is 41.6 Å². The molecule has 0 fully saturated rings. The van der Waals surface area contributed by atoms with Gasteiger partial charge in [0.1, 0.15) is 0 Å². The molecule has 4 rings (SSSR count). The van der Waals surface area contributed by atoms with Gasteiger partial charge in [-0.15, -0.1) is 0 Å². The second-order valence-corrected chi connectivity index (χ2v) is 9.38. The maximum Gasteiger partial charge on any atom is 0.307 e. The number of carbonyl (C=O) groups is 1. The second kappa shape index (κ2) is 10.5. The molecule has 0 bridgehead atoms. The first kappa shape index (κ1) is 23.4. The van der Waals surface area contributed by atoms with Gasteiger partial charge < -0.3 is 10.8 Å². The average Bonchev–Trinajstić information content (AvgIpc) is 2.84. The van der Waals surface area contributed by atoms with Gasteiger partial charge in [0.25, 0.3) is 0 Å². The number of pyridine rings is 1. The summed E-state index contributed by atoms with van der Waals surface area (Å²) in [5.74, 6) is 0.310. The van der Waals surface area contributed by atoms with Gasteiger partial charge in [0.15, 0.2) is 6.54 Å². The van der Waals surface area contributed by atoms with Gasteiger partial charge >= 0.3 is 5.97 Å². The largest absolute Gasteiger partial charge is 0.481 e. The molecule has 3 N–H and O–H groups in total. The third-order valence-electron chi connectivity index (χ3n) is 5.80. The van der Waals surface area contributed by atoms with Gasteiger partial charge in [-0.25, -0.2) is 0 Å². The number of fused-ring (bicyclic) bond motifs is 3. The van der Waals surface area contributed by atoms with Gasteiger partial charge in [-0.2, -0.15) is 16.3 Å². The summed E-state index contributed by atoms with van der Waals surface area (Å²) < 4.78 is 2.28. The summed E-state index contributed by atoms with van der Waals surface area (Å²) >= 11 is 1.66. The van der Waals surface area contributed by atoms with E-state index in [0.717, 1.165) is 51.7 Å². The summed E-state index contributed by atoms with van der Waals surface area (Å²) in [4.78, 5) is 14.1. The highest BCUT2D eigenvalue weighted by atomic mass is 32.2. The van der Waals surface area contributed by atoms with E-state index in [1.54, 1.807) is 18.7 Å². The minimum Gasteiger partial charge on any atom is -0.481 e. The number of anilines is 1. The van der Waals surface area contributed by atoms with E-state index in [1.165, 1.54) is 0 Å². The molecule has 1 unspecified atom stereocenters. The number of aliphatic carboxylic acids is 1. The number of hydrogen-bond donors (Lipinski definition) is 2. The number of nitrogens with zero attached hydrogens (tertiary/aromatic N) is 4. The number of carboxylic acid groups (broad SMARTS) is 1. The number of aromatic nitrogens is 1. The van der Waals surface area contributed by atoms with Crippen LogP contribution >= 0.6 is 11.8 Å². The highest BCUT2D eigenvalue weighted by Crippen LogP contribution is 2.34. The van der Waals surface area contributed by atoms with Crippen LogP contribution in [0.2, 0.25) is 0 Å². The van der Waals surface area contributed by atoms with E-state index in [2.05, 4.69) is 26.7 Å². The molecule has 7 nitrogen and oxygen atoms in total. The molecule has 8 heteroatoms. The van der Waals surface area contributed by atoms with Crippen molar-refractivity contribution in [1.29, 1.82) is 0 Å². The van der Waals surface area contributed by atoms with Crippen LogP contribution in [0.5, 0.6) is 0 Å². The van der Waals surface area contributed by atoms with E-state index in [1.807, 2.05) is 54.6 Å². The normalized spacial score (nSPS) is 11.9. The van der Waals surface area contributed by atoms with Crippen molar-refractivity contribution in [2.45, 2.75) is 19.9 Å². The first-order valence-corrected chi connectivity index (χ1v) is 12.2. The van der Waals surface area contributed by atoms with E-state index < -0.39 is 5.97 Å². The van der Waals surface area contributed by atoms with E-state index in [0.29, 0.717) is 17.1 Å². The predicted molar refractivity (Wildman–Crippen MR) is 139 cm³/mol. The molecule has 0 aliphatic rings. The van der Waals surface area contributed by atoms with Crippen molar-refractivity contribution in [2.75, 3.05) is 17.2 Å². The Morgan fingerprint density at radius 3 is 2.62 bits per heavy atom. The Labute approximate surface area is 201 Å². The highest BCUT2D eigenvalue weighted by Gasteiger charge is 2.23. The van der Waals surface area contributed by atoms with Crippen molar-refractivity contribution >= 4 is 50.8 Å². The topological polar surface area (TPSA) is 116 Å². The third kappa shape index (κ3) is 4.93. The Bertz CT molecular complexity index is 1400. The molecule has 0 aliphatic carbocycles. The quantitative estimate of drug-likeness (QED) is 0.0564. The molecule has 3 aromatic carbocycles. The van der Waals surface area contributed by atoms with Crippen LogP contribution in [0.4, 0.5) is 11.4 Å². The average molecular weight is 473 g/mol. The van der Waals surface area contributed by atoms with Crippen molar-refractivity contribution in [3.8, 4) is 11.3 Å². The molecule has 0 amide bonds. The number of rotatable bonds is 9. The maximum absolute atomic E-state index is 11.1. The van der Waals surface area contributed by atoms with Crippen LogP contribution in [0.1, 0.15) is 13.3 Å². The van der Waals surface area contributed by atoms with Crippen LogP contribution in [0.25, 0.3) is 43.4 Å². The number of benzene rings is 3. The predicted octanol–water partition coefficient (Wildman–Crippen LogP) is 6.32. The van der Waals surface area contributed by atoms with Crippen LogP contribution in [0.3, 0.4) is 0 Å². The zero-order chi connectivity index (χ0) is 24.1. The fraction of sp³-hybridized carbons (Fsp3) is 0.231. The molecule has 4 aromatic rings. The van der Waals surface area contributed by atoms with Gasteiger partial charge in [0, 0.05) is 45.5 Å². The Kier molecular flexibility index (Phi) is 7.21. The molecule has 0 saturated heterocycles. The Balaban J connectivity index is 1.86. The molecular weight excluding hydrogens is 446 g/mol. The fourth-order valence-electron chi connectivity index (χ4n) is 4.14. The van der Waals surface area contributed by atoms with Crippen LogP contribution < -0.4 is 10.3 Å². The molecule has 1 heterocycles. The van der Waals surface area contributed by atoms with Crippen LogP contribution in [0.15, 0.2) is 71.8 Å². The van der Waals surface area contributed by atoms with Crippen LogP contribution in [0, 0.1) is 5.92 Å². The summed E-state index contributed by atoms with van der Waals surface area (Å²) in [5.41, 5.74) is 19.6. The molecule has 0 radical (unpaired) electrons. The lowest BCUT2D eigenvalue weighted by Gasteiger charge is -2.13. The van der Waals surface area contributed by atoms with Gasteiger partial charge in [0.05, 0.1) is 16.7 Å². The second-order valence-electron chi connectivity index (χ2n) is 8.23. The minimum absolute atomic E-state index is 0.363. The first-order chi connectivity index (χ1) is 16.5. The lowest BCUT2D eigenvalue weighted by molar-refractivity contribution is -0.659. The Morgan fingerprint density at radius 1 is 1.12 bits per heavy atom. The van der Waals surface area contributed by atoms with Crippen molar-refractivity contribution in [2.24, 2.45) is 11.0 Å². The molecule has 172 valence electrons. The number of thioether (sulfide) groups is 1.